The number of benzene rings is 1. The maximum absolute atomic E-state index is 10.4. The van der Waals surface area contributed by atoms with E-state index in [1.54, 1.807) is 28.8 Å². The van der Waals surface area contributed by atoms with Crippen molar-refractivity contribution in [1.29, 1.82) is 0 Å². The van der Waals surface area contributed by atoms with Crippen molar-refractivity contribution in [3.8, 4) is 5.75 Å². The number of hydrogen-bond donors (Lipinski definition) is 3. The number of nitrogens with zero attached hydrogens (tertiary/aromatic N) is 1. The second-order valence-electron chi connectivity index (χ2n) is 5.10. The van der Waals surface area contributed by atoms with Crippen LogP contribution in [0.1, 0.15) is 0 Å². The van der Waals surface area contributed by atoms with E-state index in [1.807, 2.05) is 12.1 Å². The summed E-state index contributed by atoms with van der Waals surface area (Å²) in [6, 6.07) is 7.17. The molecule has 0 radical (unpaired) electrons. The number of hydrogen-bond acceptors (Lipinski definition) is 7. The Kier molecular flexibility index (Phi) is 12.8. The number of rotatable bonds is 10. The van der Waals surface area contributed by atoms with E-state index in [0.29, 0.717) is 5.75 Å². The van der Waals surface area contributed by atoms with Crippen LogP contribution >= 0.6 is 15.9 Å². The van der Waals surface area contributed by atoms with Gasteiger partial charge < -0.3 is 24.4 Å². The second kappa shape index (κ2) is 12.3. The average Bonchev–Trinajstić information content (AvgIpc) is 2.43. The maximum Gasteiger partial charge on any atom is 1.00 e. The summed E-state index contributed by atoms with van der Waals surface area (Å²) in [6.45, 7) is 0.0203. The Balaban J connectivity index is 0.00000529. The van der Waals surface area contributed by atoms with E-state index in [1.165, 1.54) is 0 Å². The van der Waals surface area contributed by atoms with E-state index in [-0.39, 0.29) is 77.6 Å². The number of nitrogens with one attached hydrogen (secondary N) is 1. The van der Waals surface area contributed by atoms with Crippen LogP contribution in [-0.4, -0.2) is 73.6 Å². The smallest absolute Gasteiger partial charge is 0.735 e. The summed E-state index contributed by atoms with van der Waals surface area (Å²) in [6.07, 6.45) is -1.84. The maximum atomic E-state index is 10.4. The van der Waals surface area contributed by atoms with Crippen LogP contribution in [0.25, 0.3) is 0 Å². The molecule has 11 heteroatoms. The van der Waals surface area contributed by atoms with Crippen LogP contribution in [0.4, 0.5) is 0 Å². The van der Waals surface area contributed by atoms with E-state index >= 15 is 0 Å². The molecule has 0 saturated heterocycles. The topological polar surface area (TPSA) is 122 Å². The van der Waals surface area contributed by atoms with Gasteiger partial charge in [-0.05, 0) is 31.3 Å². The Morgan fingerprint density at radius 1 is 1.25 bits per heavy atom. The van der Waals surface area contributed by atoms with Crippen LogP contribution in [0.2, 0.25) is 0 Å². The number of aliphatic hydroxyl groups is 2. The van der Waals surface area contributed by atoms with Gasteiger partial charge in [0.25, 0.3) is 0 Å². The zero-order chi connectivity index (χ0) is 17.5. The van der Waals surface area contributed by atoms with Gasteiger partial charge in [-0.1, -0.05) is 15.9 Å². The Morgan fingerprint density at radius 2 is 1.79 bits per heavy atom. The number of likely N-dealkylation sites (N-methyl/N-ethyl adjacent to an activating group) is 1. The van der Waals surface area contributed by atoms with Gasteiger partial charge in [0.2, 0.25) is 0 Å². The van der Waals surface area contributed by atoms with E-state index in [0.717, 1.165) is 4.47 Å². The molecule has 132 valence electrons. The van der Waals surface area contributed by atoms with Crippen molar-refractivity contribution in [2.75, 3.05) is 33.3 Å². The molecule has 0 bridgehead atoms. The first kappa shape index (κ1) is 24.9. The molecule has 24 heavy (non-hydrogen) atoms. The van der Waals surface area contributed by atoms with Gasteiger partial charge in [-0.15, -0.1) is 0 Å². The molecule has 1 rings (SSSR count). The third kappa shape index (κ3) is 12.3. The molecule has 0 heterocycles. The molecule has 0 aromatic heterocycles. The van der Waals surface area contributed by atoms with Crippen LogP contribution in [0.3, 0.4) is 0 Å². The third-order valence-electron chi connectivity index (χ3n) is 2.80. The zero-order valence-electron chi connectivity index (χ0n) is 13.6. The molecule has 0 fully saturated rings. The minimum atomic E-state index is -4.57. The van der Waals surface area contributed by atoms with Crippen LogP contribution < -0.4 is 60.8 Å². The van der Waals surface area contributed by atoms with Crippen LogP contribution in [0, 0.1) is 0 Å². The van der Waals surface area contributed by atoms with Crippen LogP contribution in [0.5, 0.6) is 5.75 Å². The Bertz CT molecular complexity index is 574. The molecule has 0 amide bonds. The first-order chi connectivity index (χ1) is 10.7. The summed E-state index contributed by atoms with van der Waals surface area (Å²) in [4.78, 5) is 1.61. The van der Waals surface area contributed by atoms with Gasteiger partial charge in [-0.3, -0.25) is 0 Å². The zero-order valence-corrected chi connectivity index (χ0v) is 19.1. The molecule has 2 unspecified atom stereocenters. The fourth-order valence-corrected chi connectivity index (χ4v) is 2.49. The molecule has 0 spiro atoms. The molecular weight excluding hydrogens is 431 g/mol. The number of aliphatic hydroxyl groups excluding tert-OH is 2. The summed E-state index contributed by atoms with van der Waals surface area (Å²) in [5.74, 6) is 0.625. The third-order valence-corrected chi connectivity index (χ3v) is 3.85. The minimum Gasteiger partial charge on any atom is -0.735 e. The van der Waals surface area contributed by atoms with Gasteiger partial charge in [-0.2, -0.15) is 0 Å². The van der Waals surface area contributed by atoms with Crippen molar-refractivity contribution in [1.82, 2.24) is 9.62 Å². The number of ether oxygens (including phenoxy) is 1. The van der Waals surface area contributed by atoms with Gasteiger partial charge in [0.1, 0.15) is 18.5 Å². The fourth-order valence-electron chi connectivity index (χ4n) is 1.83. The predicted molar refractivity (Wildman–Crippen MR) is 86.8 cm³/mol. The second-order valence-corrected chi connectivity index (χ2v) is 7.21. The molecule has 0 aliphatic carbocycles. The van der Waals surface area contributed by atoms with Crippen LogP contribution in [-0.2, 0) is 10.3 Å². The van der Waals surface area contributed by atoms with E-state index < -0.39 is 22.5 Å². The van der Waals surface area contributed by atoms with Crippen molar-refractivity contribution < 1.29 is 79.3 Å². The van der Waals surface area contributed by atoms with Crippen molar-refractivity contribution >= 4 is 26.2 Å². The standard InChI is InChI=1S/C13H21BrN2O6S.K/c1-16(7-11(17)6-15-23(19,20)21)8-12(18)9-22-13-4-2-10(14)3-5-13;/h2-5,11-12,15,17-18H,6-9H2,1H3,(H,19,20,21);/q;+1/p-1. The first-order valence-corrected chi connectivity index (χ1v) is 8.99. The summed E-state index contributed by atoms with van der Waals surface area (Å²) >= 11 is 3.31. The molecule has 2 atom stereocenters. The molecule has 8 nitrogen and oxygen atoms in total. The van der Waals surface area contributed by atoms with E-state index in [9.17, 15) is 23.2 Å². The van der Waals surface area contributed by atoms with E-state index in [2.05, 4.69) is 15.9 Å². The normalized spacial score (nSPS) is 14.1. The van der Waals surface area contributed by atoms with Crippen molar-refractivity contribution in [2.24, 2.45) is 0 Å². The van der Waals surface area contributed by atoms with Crippen LogP contribution in [0.15, 0.2) is 28.7 Å². The van der Waals surface area contributed by atoms with Gasteiger partial charge in [0.05, 0.1) is 6.10 Å². The molecule has 1 aromatic carbocycles. The minimum absolute atomic E-state index is 0. The van der Waals surface area contributed by atoms with Crippen molar-refractivity contribution in [2.45, 2.75) is 12.2 Å². The molecule has 0 saturated carbocycles. The Hall–Kier alpha value is 0.886. The van der Waals surface area contributed by atoms with Gasteiger partial charge >= 0.3 is 51.4 Å². The first-order valence-electron chi connectivity index (χ1n) is 6.79. The molecule has 1 aromatic rings. The van der Waals surface area contributed by atoms with Gasteiger partial charge in [0.15, 0.2) is 10.3 Å². The van der Waals surface area contributed by atoms with E-state index in [4.69, 9.17) is 4.74 Å². The molecular formula is C13H20BrKN2O6S. The SMILES string of the molecule is CN(CC(O)CNS(=O)(=O)[O-])CC(O)COc1ccc(Br)cc1.[K+]. The Morgan fingerprint density at radius 3 is 2.33 bits per heavy atom. The summed E-state index contributed by atoms with van der Waals surface area (Å²) in [7, 11) is -2.92. The van der Waals surface area contributed by atoms with Crippen molar-refractivity contribution in [3.63, 3.8) is 0 Å². The summed E-state index contributed by atoms with van der Waals surface area (Å²) < 4.78 is 39.2. The monoisotopic (exact) mass is 450 g/mol. The quantitative estimate of drug-likeness (QED) is 0.250. The van der Waals surface area contributed by atoms with Gasteiger partial charge in [-0.25, -0.2) is 13.1 Å². The predicted octanol–water partition coefficient (Wildman–Crippen LogP) is -3.46. The number of halogens is 1. The fraction of sp³-hybridized carbons (Fsp3) is 0.538. The van der Waals surface area contributed by atoms with Crippen molar-refractivity contribution in [3.05, 3.63) is 28.7 Å². The summed E-state index contributed by atoms with van der Waals surface area (Å²) in [5.41, 5.74) is 0. The molecule has 0 aliphatic heterocycles. The average molecular weight is 451 g/mol. The largest absolute Gasteiger partial charge is 1.00 e. The van der Waals surface area contributed by atoms with Gasteiger partial charge in [0, 0.05) is 24.1 Å². The Labute approximate surface area is 193 Å². The molecule has 3 N–H and O–H groups in total. The summed E-state index contributed by atoms with van der Waals surface area (Å²) in [5, 5.41) is 19.5. The molecule has 0 aliphatic rings.